The fraction of sp³-hybridized carbons (Fsp3) is 0.286. The van der Waals surface area contributed by atoms with E-state index in [0.29, 0.717) is 0 Å². The van der Waals surface area contributed by atoms with Crippen LogP contribution in [0.5, 0.6) is 0 Å². The Bertz CT molecular complexity index is 567. The standard InChI is InChI=1S/C10H9N3O2.C4H8/c14-10(15)13-12-6-7-5-11-9-4-2-1-3-8(7)9;1-2-4-3-1/h1-6,11,13H,(H,14,15);1-4H2. The summed E-state index contributed by atoms with van der Waals surface area (Å²) in [6, 6.07) is 7.72. The van der Waals surface area contributed by atoms with E-state index >= 15 is 0 Å². The Morgan fingerprint density at radius 1 is 1.26 bits per heavy atom. The summed E-state index contributed by atoms with van der Waals surface area (Å²) in [7, 11) is 0. The van der Waals surface area contributed by atoms with E-state index in [1.165, 1.54) is 31.9 Å². The molecule has 2 aromatic rings. The van der Waals surface area contributed by atoms with E-state index in [-0.39, 0.29) is 0 Å². The highest BCUT2D eigenvalue weighted by atomic mass is 16.4. The Hall–Kier alpha value is -2.30. The molecule has 1 aliphatic carbocycles. The molecule has 3 rings (SSSR count). The van der Waals surface area contributed by atoms with Crippen LogP contribution in [-0.2, 0) is 0 Å². The summed E-state index contributed by atoms with van der Waals surface area (Å²) in [6.45, 7) is 0. The lowest BCUT2D eigenvalue weighted by atomic mass is 10.0. The molecule has 1 fully saturated rings. The third-order valence-corrected chi connectivity index (χ3v) is 2.99. The average Bonchev–Trinajstić information content (AvgIpc) is 2.70. The van der Waals surface area contributed by atoms with Gasteiger partial charge in [0.25, 0.3) is 0 Å². The number of hydrazone groups is 1. The van der Waals surface area contributed by atoms with E-state index in [9.17, 15) is 4.79 Å². The minimum atomic E-state index is -1.17. The van der Waals surface area contributed by atoms with Crippen molar-refractivity contribution in [2.24, 2.45) is 5.10 Å². The lowest BCUT2D eigenvalue weighted by Crippen LogP contribution is -2.13. The van der Waals surface area contributed by atoms with Crippen LogP contribution in [0.25, 0.3) is 10.9 Å². The number of nitrogens with zero attached hydrogens (tertiary/aromatic N) is 1. The van der Waals surface area contributed by atoms with Crippen LogP contribution in [0.3, 0.4) is 0 Å². The van der Waals surface area contributed by atoms with Crippen molar-refractivity contribution in [1.29, 1.82) is 0 Å². The number of hydrogen-bond donors (Lipinski definition) is 3. The lowest BCUT2D eigenvalue weighted by molar-refractivity contribution is 0.195. The van der Waals surface area contributed by atoms with Gasteiger partial charge in [-0.15, -0.1) is 0 Å². The second kappa shape index (κ2) is 6.58. The molecular formula is C14H17N3O2. The second-order valence-electron chi connectivity index (χ2n) is 4.38. The van der Waals surface area contributed by atoms with Gasteiger partial charge in [-0.05, 0) is 6.07 Å². The summed E-state index contributed by atoms with van der Waals surface area (Å²) in [4.78, 5) is 13.2. The number of nitrogens with one attached hydrogen (secondary N) is 2. The molecule has 1 aliphatic rings. The molecule has 0 saturated heterocycles. The Kier molecular flexibility index (Phi) is 4.55. The topological polar surface area (TPSA) is 77.5 Å². The van der Waals surface area contributed by atoms with Gasteiger partial charge in [-0.2, -0.15) is 5.10 Å². The quantitative estimate of drug-likeness (QED) is 0.571. The van der Waals surface area contributed by atoms with Crippen molar-refractivity contribution in [1.82, 2.24) is 10.4 Å². The second-order valence-corrected chi connectivity index (χ2v) is 4.38. The monoisotopic (exact) mass is 259 g/mol. The van der Waals surface area contributed by atoms with Gasteiger partial charge < -0.3 is 10.1 Å². The summed E-state index contributed by atoms with van der Waals surface area (Å²) in [5.74, 6) is 0. The molecule has 1 amide bonds. The number of aromatic nitrogens is 1. The number of hydrogen-bond acceptors (Lipinski definition) is 2. The number of carbonyl (C=O) groups is 1. The van der Waals surface area contributed by atoms with Gasteiger partial charge in [-0.25, -0.2) is 10.2 Å². The van der Waals surface area contributed by atoms with Gasteiger partial charge >= 0.3 is 6.09 Å². The molecule has 100 valence electrons. The van der Waals surface area contributed by atoms with Gasteiger partial charge in [-0.1, -0.05) is 43.9 Å². The summed E-state index contributed by atoms with van der Waals surface area (Å²) in [5, 5.41) is 12.9. The number of fused-ring (bicyclic) bond motifs is 1. The highest BCUT2D eigenvalue weighted by Crippen LogP contribution is 2.15. The molecule has 1 heterocycles. The molecule has 1 saturated carbocycles. The van der Waals surface area contributed by atoms with Crippen molar-refractivity contribution in [2.45, 2.75) is 25.7 Å². The molecule has 3 N–H and O–H groups in total. The smallest absolute Gasteiger partial charge is 0.425 e. The molecule has 1 aromatic heterocycles. The Morgan fingerprint density at radius 3 is 2.58 bits per heavy atom. The van der Waals surface area contributed by atoms with E-state index in [1.807, 2.05) is 29.7 Å². The third kappa shape index (κ3) is 3.84. The molecule has 5 nitrogen and oxygen atoms in total. The average molecular weight is 259 g/mol. The normalized spacial score (nSPS) is 13.7. The van der Waals surface area contributed by atoms with E-state index in [1.54, 1.807) is 6.20 Å². The van der Waals surface area contributed by atoms with Crippen molar-refractivity contribution in [2.75, 3.05) is 0 Å². The third-order valence-electron chi connectivity index (χ3n) is 2.99. The SMILES string of the molecule is C1CCC1.O=C(O)NN=Cc1c[nH]c2ccccc12. The number of para-hydroxylation sites is 1. The lowest BCUT2D eigenvalue weighted by Gasteiger charge is -2.05. The predicted octanol–water partition coefficient (Wildman–Crippen LogP) is 3.33. The zero-order valence-corrected chi connectivity index (χ0v) is 10.6. The van der Waals surface area contributed by atoms with Crippen LogP contribution >= 0.6 is 0 Å². The first-order chi connectivity index (χ1) is 9.27. The highest BCUT2D eigenvalue weighted by molar-refractivity contribution is 5.99. The van der Waals surface area contributed by atoms with Crippen LogP contribution in [0.1, 0.15) is 31.2 Å². The van der Waals surface area contributed by atoms with E-state index < -0.39 is 6.09 Å². The summed E-state index contributed by atoms with van der Waals surface area (Å²) >= 11 is 0. The number of rotatable bonds is 2. The number of benzene rings is 1. The maximum Gasteiger partial charge on any atom is 0.425 e. The molecule has 1 aromatic carbocycles. The largest absolute Gasteiger partial charge is 0.464 e. The molecule has 5 heteroatoms. The molecule has 0 spiro atoms. The Balaban J connectivity index is 0.000000284. The van der Waals surface area contributed by atoms with Crippen molar-refractivity contribution in [3.63, 3.8) is 0 Å². The van der Waals surface area contributed by atoms with Crippen LogP contribution in [0.15, 0.2) is 35.6 Å². The minimum Gasteiger partial charge on any atom is -0.464 e. The van der Waals surface area contributed by atoms with Crippen molar-refractivity contribution >= 4 is 23.2 Å². The number of H-pyrrole nitrogens is 1. The molecule has 0 bridgehead atoms. The van der Waals surface area contributed by atoms with Gasteiger partial charge in [0, 0.05) is 22.7 Å². The Labute approximate surface area is 111 Å². The molecule has 0 aliphatic heterocycles. The van der Waals surface area contributed by atoms with Gasteiger partial charge in [0.05, 0.1) is 6.21 Å². The van der Waals surface area contributed by atoms with Gasteiger partial charge in [0.1, 0.15) is 0 Å². The summed E-state index contributed by atoms with van der Waals surface area (Å²) < 4.78 is 0. The first-order valence-corrected chi connectivity index (χ1v) is 6.35. The maximum absolute atomic E-state index is 10.2. The minimum absolute atomic E-state index is 0.847. The highest BCUT2D eigenvalue weighted by Gasteiger charge is 1.99. The molecule has 19 heavy (non-hydrogen) atoms. The van der Waals surface area contributed by atoms with Crippen molar-refractivity contribution in [3.05, 3.63) is 36.0 Å². The zero-order valence-electron chi connectivity index (χ0n) is 10.6. The number of carboxylic acid groups (broad SMARTS) is 1. The van der Waals surface area contributed by atoms with E-state index in [4.69, 9.17) is 5.11 Å². The molecule has 0 unspecified atom stereocenters. The van der Waals surface area contributed by atoms with Gasteiger partial charge in [0.15, 0.2) is 0 Å². The fourth-order valence-corrected chi connectivity index (χ4v) is 1.61. The van der Waals surface area contributed by atoms with E-state index in [0.717, 1.165) is 16.5 Å². The van der Waals surface area contributed by atoms with E-state index in [2.05, 4.69) is 10.1 Å². The number of aromatic amines is 1. The summed E-state index contributed by atoms with van der Waals surface area (Å²) in [6.07, 6.45) is 8.07. The van der Waals surface area contributed by atoms with Crippen LogP contribution in [0, 0.1) is 0 Å². The van der Waals surface area contributed by atoms with Crippen molar-refractivity contribution in [3.8, 4) is 0 Å². The van der Waals surface area contributed by atoms with Crippen LogP contribution in [0.2, 0.25) is 0 Å². The van der Waals surface area contributed by atoms with Crippen LogP contribution in [-0.4, -0.2) is 22.4 Å². The molecular weight excluding hydrogens is 242 g/mol. The van der Waals surface area contributed by atoms with Crippen LogP contribution in [0.4, 0.5) is 4.79 Å². The zero-order chi connectivity index (χ0) is 13.5. The fourth-order valence-electron chi connectivity index (χ4n) is 1.61. The van der Waals surface area contributed by atoms with Gasteiger partial charge in [-0.3, -0.25) is 0 Å². The van der Waals surface area contributed by atoms with Gasteiger partial charge in [0.2, 0.25) is 0 Å². The number of amides is 1. The molecule has 0 radical (unpaired) electrons. The summed E-state index contributed by atoms with van der Waals surface area (Å²) in [5.41, 5.74) is 3.76. The van der Waals surface area contributed by atoms with Crippen LogP contribution < -0.4 is 5.43 Å². The first-order valence-electron chi connectivity index (χ1n) is 6.35. The Morgan fingerprint density at radius 2 is 1.95 bits per heavy atom. The van der Waals surface area contributed by atoms with Crippen molar-refractivity contribution < 1.29 is 9.90 Å². The first kappa shape index (κ1) is 13.1. The molecule has 0 atom stereocenters. The maximum atomic E-state index is 10.2. The predicted molar refractivity (Wildman–Crippen MR) is 75.5 cm³/mol.